The standard InChI is InChI=1S/C21H22N4O2/c1-15-16(2)25(14-23-15)19-10-8-18(9-11-19)24-21(27)13-22-20(26)12-17-6-4-3-5-7-17/h3-11,14H,12-13H2,1-2H3,(H,22,26)(H,24,27). The molecule has 27 heavy (non-hydrogen) atoms. The van der Waals surface area contributed by atoms with Crippen LogP contribution in [0, 0.1) is 13.8 Å². The van der Waals surface area contributed by atoms with E-state index in [1.165, 1.54) is 0 Å². The highest BCUT2D eigenvalue weighted by Crippen LogP contribution is 2.16. The van der Waals surface area contributed by atoms with Gasteiger partial charge in [0, 0.05) is 17.1 Å². The van der Waals surface area contributed by atoms with Crippen molar-refractivity contribution in [1.29, 1.82) is 0 Å². The number of amides is 2. The van der Waals surface area contributed by atoms with Gasteiger partial charge in [0.15, 0.2) is 0 Å². The molecule has 138 valence electrons. The summed E-state index contributed by atoms with van der Waals surface area (Å²) in [5.41, 5.74) is 4.63. The number of nitrogens with zero attached hydrogens (tertiary/aromatic N) is 2. The van der Waals surface area contributed by atoms with Gasteiger partial charge in [0.1, 0.15) is 0 Å². The van der Waals surface area contributed by atoms with Crippen molar-refractivity contribution in [3.8, 4) is 5.69 Å². The van der Waals surface area contributed by atoms with Gasteiger partial charge in [-0.1, -0.05) is 30.3 Å². The molecule has 0 unspecified atom stereocenters. The van der Waals surface area contributed by atoms with Gasteiger partial charge < -0.3 is 15.2 Å². The highest BCUT2D eigenvalue weighted by molar-refractivity contribution is 5.94. The van der Waals surface area contributed by atoms with Gasteiger partial charge in [0.25, 0.3) is 0 Å². The summed E-state index contributed by atoms with van der Waals surface area (Å²) in [6.07, 6.45) is 2.03. The van der Waals surface area contributed by atoms with Crippen molar-refractivity contribution in [2.75, 3.05) is 11.9 Å². The lowest BCUT2D eigenvalue weighted by Crippen LogP contribution is -2.33. The number of aryl methyl sites for hydroxylation is 1. The smallest absolute Gasteiger partial charge is 0.243 e. The van der Waals surface area contributed by atoms with E-state index in [2.05, 4.69) is 15.6 Å². The van der Waals surface area contributed by atoms with Crippen LogP contribution in [0.5, 0.6) is 0 Å². The molecule has 0 saturated carbocycles. The monoisotopic (exact) mass is 362 g/mol. The zero-order valence-corrected chi connectivity index (χ0v) is 15.4. The van der Waals surface area contributed by atoms with Crippen LogP contribution in [0.1, 0.15) is 17.0 Å². The average Bonchev–Trinajstić information content (AvgIpc) is 3.00. The van der Waals surface area contributed by atoms with Crippen molar-refractivity contribution in [3.05, 3.63) is 77.9 Å². The zero-order chi connectivity index (χ0) is 19.2. The normalized spacial score (nSPS) is 10.4. The van der Waals surface area contributed by atoms with Crippen LogP contribution in [0.2, 0.25) is 0 Å². The van der Waals surface area contributed by atoms with Crippen molar-refractivity contribution >= 4 is 17.5 Å². The topological polar surface area (TPSA) is 76.0 Å². The van der Waals surface area contributed by atoms with Gasteiger partial charge >= 0.3 is 0 Å². The molecule has 3 aromatic rings. The fourth-order valence-corrected chi connectivity index (χ4v) is 2.69. The summed E-state index contributed by atoms with van der Waals surface area (Å²) >= 11 is 0. The molecule has 0 aliphatic heterocycles. The highest BCUT2D eigenvalue weighted by Gasteiger charge is 2.08. The van der Waals surface area contributed by atoms with Gasteiger partial charge in [-0.15, -0.1) is 0 Å². The summed E-state index contributed by atoms with van der Waals surface area (Å²) < 4.78 is 1.99. The predicted molar refractivity (Wildman–Crippen MR) is 105 cm³/mol. The Morgan fingerprint density at radius 3 is 2.30 bits per heavy atom. The summed E-state index contributed by atoms with van der Waals surface area (Å²) in [5, 5.41) is 5.42. The van der Waals surface area contributed by atoms with Crippen molar-refractivity contribution in [2.24, 2.45) is 0 Å². The Balaban J connectivity index is 1.50. The summed E-state index contributed by atoms with van der Waals surface area (Å²) in [5.74, 6) is -0.448. The van der Waals surface area contributed by atoms with E-state index in [0.717, 1.165) is 22.6 Å². The Morgan fingerprint density at radius 1 is 0.963 bits per heavy atom. The summed E-state index contributed by atoms with van der Waals surface area (Å²) in [6, 6.07) is 16.9. The molecule has 0 bridgehead atoms. The van der Waals surface area contributed by atoms with Crippen molar-refractivity contribution in [1.82, 2.24) is 14.9 Å². The van der Waals surface area contributed by atoms with Crippen LogP contribution in [-0.4, -0.2) is 27.9 Å². The van der Waals surface area contributed by atoms with Crippen LogP contribution in [0.4, 0.5) is 5.69 Å². The number of rotatable bonds is 6. The number of imidazole rings is 1. The number of hydrogen-bond donors (Lipinski definition) is 2. The number of carbonyl (C=O) groups excluding carboxylic acids is 2. The van der Waals surface area contributed by atoms with Gasteiger partial charge in [0.05, 0.1) is 25.0 Å². The maximum Gasteiger partial charge on any atom is 0.243 e. The largest absolute Gasteiger partial charge is 0.347 e. The Labute approximate surface area is 158 Å². The number of carbonyl (C=O) groups is 2. The first-order chi connectivity index (χ1) is 13.0. The SMILES string of the molecule is Cc1ncn(-c2ccc(NC(=O)CNC(=O)Cc3ccccc3)cc2)c1C. The van der Waals surface area contributed by atoms with Gasteiger partial charge in [-0.25, -0.2) is 4.98 Å². The Bertz CT molecular complexity index is 931. The summed E-state index contributed by atoms with van der Waals surface area (Å²) in [7, 11) is 0. The number of aromatic nitrogens is 2. The molecule has 1 heterocycles. The third-order valence-corrected chi connectivity index (χ3v) is 4.33. The van der Waals surface area contributed by atoms with Crippen molar-refractivity contribution < 1.29 is 9.59 Å². The second kappa shape index (κ2) is 8.31. The van der Waals surface area contributed by atoms with E-state index in [-0.39, 0.29) is 24.8 Å². The molecule has 2 aromatic carbocycles. The first kappa shape index (κ1) is 18.4. The molecule has 0 saturated heterocycles. The minimum absolute atomic E-state index is 0.0623. The fraction of sp³-hybridized carbons (Fsp3) is 0.190. The van der Waals surface area contributed by atoms with E-state index >= 15 is 0 Å². The molecule has 2 amide bonds. The lowest BCUT2D eigenvalue weighted by atomic mass is 10.1. The molecular formula is C21H22N4O2. The molecule has 6 nitrogen and oxygen atoms in total. The quantitative estimate of drug-likeness (QED) is 0.708. The first-order valence-electron chi connectivity index (χ1n) is 8.74. The lowest BCUT2D eigenvalue weighted by molar-refractivity contribution is -0.123. The molecule has 2 N–H and O–H groups in total. The molecule has 0 aliphatic carbocycles. The van der Waals surface area contributed by atoms with Crippen LogP contribution in [0.25, 0.3) is 5.69 Å². The molecule has 0 radical (unpaired) electrons. The second-order valence-corrected chi connectivity index (χ2v) is 6.32. The zero-order valence-electron chi connectivity index (χ0n) is 15.4. The Morgan fingerprint density at radius 2 is 1.67 bits per heavy atom. The highest BCUT2D eigenvalue weighted by atomic mass is 16.2. The summed E-state index contributed by atoms with van der Waals surface area (Å²) in [4.78, 5) is 28.2. The van der Waals surface area contributed by atoms with Crippen LogP contribution < -0.4 is 10.6 Å². The van der Waals surface area contributed by atoms with Crippen LogP contribution in [-0.2, 0) is 16.0 Å². The Hall–Kier alpha value is -3.41. The van der Waals surface area contributed by atoms with E-state index in [0.29, 0.717) is 5.69 Å². The van der Waals surface area contributed by atoms with E-state index < -0.39 is 0 Å². The molecule has 0 spiro atoms. The maximum absolute atomic E-state index is 12.0. The minimum Gasteiger partial charge on any atom is -0.347 e. The van der Waals surface area contributed by atoms with Crippen molar-refractivity contribution in [3.63, 3.8) is 0 Å². The van der Waals surface area contributed by atoms with Crippen LogP contribution in [0.3, 0.4) is 0 Å². The van der Waals surface area contributed by atoms with Gasteiger partial charge in [-0.3, -0.25) is 9.59 Å². The molecular weight excluding hydrogens is 340 g/mol. The number of anilines is 1. The van der Waals surface area contributed by atoms with E-state index in [4.69, 9.17) is 0 Å². The van der Waals surface area contributed by atoms with E-state index in [1.807, 2.05) is 73.0 Å². The third-order valence-electron chi connectivity index (χ3n) is 4.33. The molecule has 0 aliphatic rings. The first-order valence-corrected chi connectivity index (χ1v) is 8.74. The Kier molecular flexibility index (Phi) is 5.66. The summed E-state index contributed by atoms with van der Waals surface area (Å²) in [6.45, 7) is 3.91. The van der Waals surface area contributed by atoms with E-state index in [1.54, 1.807) is 6.33 Å². The van der Waals surface area contributed by atoms with Gasteiger partial charge in [-0.05, 0) is 43.7 Å². The van der Waals surface area contributed by atoms with Gasteiger partial charge in [0.2, 0.25) is 11.8 Å². The second-order valence-electron chi connectivity index (χ2n) is 6.32. The number of hydrogen-bond acceptors (Lipinski definition) is 3. The van der Waals surface area contributed by atoms with Gasteiger partial charge in [-0.2, -0.15) is 0 Å². The number of benzene rings is 2. The van der Waals surface area contributed by atoms with E-state index in [9.17, 15) is 9.59 Å². The minimum atomic E-state index is -0.265. The fourth-order valence-electron chi connectivity index (χ4n) is 2.69. The lowest BCUT2D eigenvalue weighted by Gasteiger charge is -2.09. The average molecular weight is 362 g/mol. The molecule has 0 atom stereocenters. The van der Waals surface area contributed by atoms with Crippen LogP contribution >= 0.6 is 0 Å². The number of nitrogens with one attached hydrogen (secondary N) is 2. The predicted octanol–water partition coefficient (Wildman–Crippen LogP) is 2.79. The molecule has 3 rings (SSSR count). The molecule has 0 fully saturated rings. The third kappa shape index (κ3) is 4.82. The van der Waals surface area contributed by atoms with Crippen molar-refractivity contribution in [2.45, 2.75) is 20.3 Å². The van der Waals surface area contributed by atoms with Crippen LogP contribution in [0.15, 0.2) is 60.9 Å². The molecule has 6 heteroatoms. The maximum atomic E-state index is 12.0. The molecule has 1 aromatic heterocycles.